The molecule has 2 unspecified atom stereocenters. The molecule has 0 saturated heterocycles. The minimum Gasteiger partial charge on any atom is -0.460 e. The fourth-order valence-corrected chi connectivity index (χ4v) is 0.570. The minimum absolute atomic E-state index is 0.104. The Bertz CT molecular complexity index is 188. The van der Waals surface area contributed by atoms with Gasteiger partial charge in [0.1, 0.15) is 6.61 Å². The predicted octanol–water partition coefficient (Wildman–Crippen LogP) is 0.0950. The highest BCUT2D eigenvalue weighted by atomic mass is 16.5. The zero-order valence-corrected chi connectivity index (χ0v) is 7.99. The first-order valence-corrected chi connectivity index (χ1v) is 4.10. The maximum atomic E-state index is 10.9. The summed E-state index contributed by atoms with van der Waals surface area (Å²) in [6, 6.07) is 0. The molecule has 0 rings (SSSR count). The summed E-state index contributed by atoms with van der Waals surface area (Å²) < 4.78 is 4.69. The average molecular weight is 188 g/mol. The second-order valence-electron chi connectivity index (χ2n) is 3.11. The number of esters is 1. The van der Waals surface area contributed by atoms with Gasteiger partial charge in [-0.1, -0.05) is 13.5 Å². The second kappa shape index (κ2) is 5.72. The van der Waals surface area contributed by atoms with Crippen molar-refractivity contribution >= 4 is 5.97 Å². The van der Waals surface area contributed by atoms with Crippen molar-refractivity contribution in [2.75, 3.05) is 13.2 Å². The van der Waals surface area contributed by atoms with E-state index in [0.29, 0.717) is 5.57 Å². The molecule has 4 heteroatoms. The Kier molecular flexibility index (Phi) is 5.34. The molecule has 0 amide bonds. The van der Waals surface area contributed by atoms with E-state index in [9.17, 15) is 9.90 Å². The Morgan fingerprint density at radius 3 is 2.54 bits per heavy atom. The molecule has 0 aromatic carbocycles. The van der Waals surface area contributed by atoms with Crippen LogP contribution in [0.4, 0.5) is 0 Å². The summed E-state index contributed by atoms with van der Waals surface area (Å²) in [6.07, 6.45) is -0.826. The lowest BCUT2D eigenvalue weighted by Crippen LogP contribution is -2.27. The van der Waals surface area contributed by atoms with E-state index in [1.165, 1.54) is 6.92 Å². The van der Waals surface area contributed by atoms with Gasteiger partial charge in [-0.3, -0.25) is 0 Å². The monoisotopic (exact) mass is 188 g/mol. The lowest BCUT2D eigenvalue weighted by atomic mass is 10.1. The van der Waals surface area contributed by atoms with Crippen LogP contribution < -0.4 is 0 Å². The molecule has 2 N–H and O–H groups in total. The number of carbonyl (C=O) groups excluding carboxylic acids is 1. The van der Waals surface area contributed by atoms with Crippen molar-refractivity contribution in [1.82, 2.24) is 0 Å². The summed E-state index contributed by atoms with van der Waals surface area (Å²) in [5.41, 5.74) is 0.295. The molecular formula is C9H16O4. The molecule has 0 aliphatic heterocycles. The van der Waals surface area contributed by atoms with Gasteiger partial charge in [0.2, 0.25) is 0 Å². The molecule has 0 aromatic rings. The van der Waals surface area contributed by atoms with Crippen LogP contribution in [-0.2, 0) is 9.53 Å². The number of aliphatic hydroxyl groups excluding tert-OH is 2. The number of carbonyl (C=O) groups is 1. The number of ether oxygens (including phenoxy) is 1. The summed E-state index contributed by atoms with van der Waals surface area (Å²) in [4.78, 5) is 10.9. The second-order valence-corrected chi connectivity index (χ2v) is 3.11. The molecule has 0 heterocycles. The van der Waals surface area contributed by atoms with Crippen LogP contribution in [0.3, 0.4) is 0 Å². The third-order valence-corrected chi connectivity index (χ3v) is 1.68. The number of aliphatic hydroxyl groups is 2. The van der Waals surface area contributed by atoms with Gasteiger partial charge in [0, 0.05) is 18.1 Å². The molecule has 2 atom stereocenters. The van der Waals surface area contributed by atoms with Gasteiger partial charge < -0.3 is 14.9 Å². The molecule has 0 aliphatic carbocycles. The van der Waals surface area contributed by atoms with Crippen molar-refractivity contribution in [1.29, 1.82) is 0 Å². The van der Waals surface area contributed by atoms with Gasteiger partial charge in [-0.05, 0) is 6.92 Å². The third-order valence-electron chi connectivity index (χ3n) is 1.68. The Hall–Kier alpha value is -0.870. The first-order valence-electron chi connectivity index (χ1n) is 4.10. The SMILES string of the molecule is C=C(C)C(=O)OCC(O)C(C)CO. The summed E-state index contributed by atoms with van der Waals surface area (Å²) >= 11 is 0. The summed E-state index contributed by atoms with van der Waals surface area (Å²) in [5.74, 6) is -0.817. The van der Waals surface area contributed by atoms with E-state index in [2.05, 4.69) is 11.3 Å². The van der Waals surface area contributed by atoms with Gasteiger partial charge in [0.05, 0.1) is 6.10 Å². The van der Waals surface area contributed by atoms with Gasteiger partial charge in [-0.15, -0.1) is 0 Å². The summed E-state index contributed by atoms with van der Waals surface area (Å²) in [5, 5.41) is 17.9. The normalized spacial score (nSPS) is 14.8. The Morgan fingerprint density at radius 2 is 2.15 bits per heavy atom. The molecule has 0 aliphatic rings. The van der Waals surface area contributed by atoms with Gasteiger partial charge >= 0.3 is 5.97 Å². The highest BCUT2D eigenvalue weighted by molar-refractivity contribution is 5.86. The third kappa shape index (κ3) is 4.65. The topological polar surface area (TPSA) is 66.8 Å². The van der Waals surface area contributed by atoms with Gasteiger partial charge in [-0.2, -0.15) is 0 Å². The number of rotatable bonds is 5. The fourth-order valence-electron chi connectivity index (χ4n) is 0.570. The summed E-state index contributed by atoms with van der Waals surface area (Å²) in [6.45, 7) is 6.35. The van der Waals surface area contributed by atoms with Crippen molar-refractivity contribution in [2.45, 2.75) is 20.0 Å². The maximum absolute atomic E-state index is 10.9. The van der Waals surface area contributed by atoms with E-state index in [1.54, 1.807) is 6.92 Å². The van der Waals surface area contributed by atoms with Crippen molar-refractivity contribution in [3.63, 3.8) is 0 Å². The first-order chi connectivity index (χ1) is 5.99. The molecule has 4 nitrogen and oxygen atoms in total. The van der Waals surface area contributed by atoms with E-state index in [4.69, 9.17) is 5.11 Å². The molecule has 0 aromatic heterocycles. The molecule has 13 heavy (non-hydrogen) atoms. The molecule has 0 bridgehead atoms. The van der Waals surface area contributed by atoms with Crippen LogP contribution in [0.2, 0.25) is 0 Å². The van der Waals surface area contributed by atoms with E-state index < -0.39 is 12.1 Å². The first kappa shape index (κ1) is 12.1. The molecule has 0 radical (unpaired) electrons. The predicted molar refractivity (Wildman–Crippen MR) is 48.0 cm³/mol. The van der Waals surface area contributed by atoms with Crippen LogP contribution in [0.15, 0.2) is 12.2 Å². The molecule has 0 spiro atoms. The standard InChI is InChI=1S/C9H16O4/c1-6(2)9(12)13-5-8(11)7(3)4-10/h7-8,10-11H,1,4-5H2,2-3H3. The zero-order valence-electron chi connectivity index (χ0n) is 7.99. The highest BCUT2D eigenvalue weighted by Gasteiger charge is 2.15. The average Bonchev–Trinajstić information content (AvgIpc) is 2.11. The van der Waals surface area contributed by atoms with Gasteiger partial charge in [0.15, 0.2) is 0 Å². The highest BCUT2D eigenvalue weighted by Crippen LogP contribution is 2.03. The van der Waals surface area contributed by atoms with Gasteiger partial charge in [0.25, 0.3) is 0 Å². The molecule has 76 valence electrons. The van der Waals surface area contributed by atoms with Crippen LogP contribution in [-0.4, -0.2) is 35.5 Å². The Balaban J connectivity index is 3.76. The van der Waals surface area contributed by atoms with Gasteiger partial charge in [-0.25, -0.2) is 4.79 Å². The van der Waals surface area contributed by atoms with E-state index >= 15 is 0 Å². The van der Waals surface area contributed by atoms with Crippen LogP contribution in [0.5, 0.6) is 0 Å². The smallest absolute Gasteiger partial charge is 0.333 e. The van der Waals surface area contributed by atoms with Crippen molar-refractivity contribution in [2.24, 2.45) is 5.92 Å². The van der Waals surface area contributed by atoms with E-state index in [1.807, 2.05) is 0 Å². The van der Waals surface area contributed by atoms with Crippen LogP contribution >= 0.6 is 0 Å². The molecule has 0 saturated carbocycles. The van der Waals surface area contributed by atoms with Crippen molar-refractivity contribution < 1.29 is 19.7 Å². The Labute approximate surface area is 77.8 Å². The largest absolute Gasteiger partial charge is 0.460 e. The van der Waals surface area contributed by atoms with Crippen LogP contribution in [0.25, 0.3) is 0 Å². The Morgan fingerprint density at radius 1 is 1.62 bits per heavy atom. The quantitative estimate of drug-likeness (QED) is 0.474. The lowest BCUT2D eigenvalue weighted by molar-refractivity contribution is -0.143. The summed E-state index contributed by atoms with van der Waals surface area (Å²) in [7, 11) is 0. The lowest BCUT2D eigenvalue weighted by Gasteiger charge is -2.16. The van der Waals surface area contributed by atoms with Crippen LogP contribution in [0, 0.1) is 5.92 Å². The van der Waals surface area contributed by atoms with E-state index in [0.717, 1.165) is 0 Å². The zero-order chi connectivity index (χ0) is 10.4. The molecular weight excluding hydrogens is 172 g/mol. The maximum Gasteiger partial charge on any atom is 0.333 e. The number of hydrogen-bond acceptors (Lipinski definition) is 4. The van der Waals surface area contributed by atoms with Crippen LogP contribution in [0.1, 0.15) is 13.8 Å². The van der Waals surface area contributed by atoms with Crippen molar-refractivity contribution in [3.8, 4) is 0 Å². The molecule has 0 fully saturated rings. The number of hydrogen-bond donors (Lipinski definition) is 2. The van der Waals surface area contributed by atoms with Crippen molar-refractivity contribution in [3.05, 3.63) is 12.2 Å². The van der Waals surface area contributed by atoms with E-state index in [-0.39, 0.29) is 19.1 Å². The minimum atomic E-state index is -0.826. The fraction of sp³-hybridized carbons (Fsp3) is 0.667.